The molecule has 1 aromatic carbocycles. The highest BCUT2D eigenvalue weighted by atomic mass is 14.0. The van der Waals surface area contributed by atoms with Crippen molar-refractivity contribution in [3.63, 3.8) is 0 Å². The summed E-state index contributed by atoms with van der Waals surface area (Å²) < 4.78 is 0. The molecule has 1 aromatic rings. The van der Waals surface area contributed by atoms with Crippen LogP contribution in [0.15, 0.2) is 42.5 Å². The van der Waals surface area contributed by atoms with Gasteiger partial charge in [0, 0.05) is 0 Å². The Hall–Kier alpha value is -1.30. The van der Waals surface area contributed by atoms with Crippen LogP contribution in [0.4, 0.5) is 0 Å². The van der Waals surface area contributed by atoms with E-state index in [2.05, 4.69) is 63.3 Å². The molecule has 1 rings (SSSR count). The normalized spacial score (nSPS) is 12.3. The molecule has 0 bridgehead atoms. The summed E-state index contributed by atoms with van der Waals surface area (Å²) in [7, 11) is 0. The Morgan fingerprint density at radius 2 is 1.81 bits per heavy atom. The maximum absolute atomic E-state index is 2.32. The van der Waals surface area contributed by atoms with Crippen molar-refractivity contribution in [2.45, 2.75) is 40.0 Å². The molecule has 0 saturated heterocycles. The van der Waals surface area contributed by atoms with E-state index in [-0.39, 0.29) is 0 Å². The molecule has 0 atom stereocenters. The van der Waals surface area contributed by atoms with Crippen molar-refractivity contribution in [1.82, 2.24) is 0 Å². The van der Waals surface area contributed by atoms with Crippen LogP contribution in [-0.4, -0.2) is 0 Å². The molecule has 0 spiro atoms. The maximum atomic E-state index is 2.32. The summed E-state index contributed by atoms with van der Waals surface area (Å²) in [5.74, 6) is 0. The lowest BCUT2D eigenvalue weighted by molar-refractivity contribution is 1.14. The molecule has 0 fully saturated rings. The van der Waals surface area contributed by atoms with Crippen LogP contribution in [0.2, 0.25) is 0 Å². The molecule has 86 valence electrons. The van der Waals surface area contributed by atoms with Gasteiger partial charge in [-0.15, -0.1) is 0 Å². The van der Waals surface area contributed by atoms with Crippen molar-refractivity contribution in [2.75, 3.05) is 0 Å². The van der Waals surface area contributed by atoms with Crippen molar-refractivity contribution < 1.29 is 0 Å². The zero-order valence-corrected chi connectivity index (χ0v) is 10.7. The van der Waals surface area contributed by atoms with Gasteiger partial charge in [-0.2, -0.15) is 0 Å². The van der Waals surface area contributed by atoms with Crippen molar-refractivity contribution >= 4 is 5.57 Å². The summed E-state index contributed by atoms with van der Waals surface area (Å²) in [6.07, 6.45) is 9.90. The fourth-order valence-corrected chi connectivity index (χ4v) is 1.76. The van der Waals surface area contributed by atoms with Crippen LogP contribution in [-0.2, 0) is 6.42 Å². The van der Waals surface area contributed by atoms with E-state index in [0.717, 1.165) is 19.3 Å². The lowest BCUT2D eigenvalue weighted by atomic mass is 9.99. The summed E-state index contributed by atoms with van der Waals surface area (Å²) >= 11 is 0. The van der Waals surface area contributed by atoms with Gasteiger partial charge in [0.05, 0.1) is 0 Å². The quantitative estimate of drug-likeness (QED) is 0.604. The first kappa shape index (κ1) is 12.8. The second-order valence-corrected chi connectivity index (χ2v) is 3.96. The monoisotopic (exact) mass is 214 g/mol. The number of allylic oxidation sites excluding steroid dienone is 4. The van der Waals surface area contributed by atoms with Gasteiger partial charge in [-0.3, -0.25) is 0 Å². The summed E-state index contributed by atoms with van der Waals surface area (Å²) in [5.41, 5.74) is 4.20. The highest BCUT2D eigenvalue weighted by Gasteiger charge is 1.99. The second kappa shape index (κ2) is 7.05. The molecule has 0 heteroatoms. The highest BCUT2D eigenvalue weighted by molar-refractivity contribution is 5.66. The third kappa shape index (κ3) is 3.69. The fourth-order valence-electron chi connectivity index (χ4n) is 1.76. The first-order valence-electron chi connectivity index (χ1n) is 6.21. The minimum Gasteiger partial charge on any atom is -0.0913 e. The molecule has 0 N–H and O–H groups in total. The molecule has 0 heterocycles. The summed E-state index contributed by atoms with van der Waals surface area (Å²) in [6, 6.07) is 8.94. The Kier molecular flexibility index (Phi) is 5.63. The van der Waals surface area contributed by atoms with Crippen molar-refractivity contribution in [3.05, 3.63) is 53.6 Å². The first-order valence-corrected chi connectivity index (χ1v) is 6.21. The van der Waals surface area contributed by atoms with E-state index in [4.69, 9.17) is 0 Å². The van der Waals surface area contributed by atoms with Gasteiger partial charge in [-0.1, -0.05) is 56.3 Å². The van der Waals surface area contributed by atoms with Crippen molar-refractivity contribution in [3.8, 4) is 0 Å². The van der Waals surface area contributed by atoms with Crippen LogP contribution >= 0.6 is 0 Å². The van der Waals surface area contributed by atoms with E-state index in [1.807, 2.05) is 0 Å². The molecule has 0 saturated carbocycles. The number of benzene rings is 1. The molecule has 0 unspecified atom stereocenters. The molecule has 0 aromatic heterocycles. The van der Waals surface area contributed by atoms with E-state index in [1.165, 1.54) is 16.7 Å². The van der Waals surface area contributed by atoms with Gasteiger partial charge >= 0.3 is 0 Å². The van der Waals surface area contributed by atoms with Crippen LogP contribution in [0.1, 0.15) is 44.7 Å². The summed E-state index contributed by atoms with van der Waals surface area (Å²) in [5, 5.41) is 0. The Labute approximate surface area is 99.7 Å². The van der Waals surface area contributed by atoms with Crippen molar-refractivity contribution in [1.29, 1.82) is 0 Å². The third-order valence-corrected chi connectivity index (χ3v) is 2.76. The van der Waals surface area contributed by atoms with E-state index in [0.29, 0.717) is 0 Å². The van der Waals surface area contributed by atoms with E-state index < -0.39 is 0 Å². The Balaban J connectivity index is 2.88. The summed E-state index contributed by atoms with van der Waals surface area (Å²) in [4.78, 5) is 0. The van der Waals surface area contributed by atoms with E-state index >= 15 is 0 Å². The van der Waals surface area contributed by atoms with Crippen molar-refractivity contribution in [2.24, 2.45) is 0 Å². The average Bonchev–Trinajstić information content (AvgIpc) is 2.35. The number of hydrogen-bond acceptors (Lipinski definition) is 0. The predicted octanol–water partition coefficient (Wildman–Crippen LogP) is 5.01. The molecular weight excluding hydrogens is 192 g/mol. The molecule has 0 amide bonds. The van der Waals surface area contributed by atoms with Gasteiger partial charge < -0.3 is 0 Å². The first-order chi connectivity index (χ1) is 7.81. The second-order valence-electron chi connectivity index (χ2n) is 3.96. The standard InChI is InChI=1S/C16H22/c1-4-7-9-15(8-5-2)16-12-10-14(6-3)11-13-16/h4,7-8,10-13H,5-6,9H2,1-3H3/b7-4?,15-8+. The summed E-state index contributed by atoms with van der Waals surface area (Å²) in [6.45, 7) is 6.46. The third-order valence-electron chi connectivity index (χ3n) is 2.76. The molecule has 0 aliphatic carbocycles. The van der Waals surface area contributed by atoms with Gasteiger partial charge in [-0.25, -0.2) is 0 Å². The number of rotatable bonds is 5. The van der Waals surface area contributed by atoms with Crippen LogP contribution in [0, 0.1) is 0 Å². The SMILES string of the molecule is CC=CC/C(=C\CC)c1ccc(CC)cc1. The Morgan fingerprint density at radius 3 is 2.31 bits per heavy atom. The lowest BCUT2D eigenvalue weighted by Crippen LogP contribution is -1.86. The minimum absolute atomic E-state index is 1.04. The molecule has 0 aliphatic heterocycles. The lowest BCUT2D eigenvalue weighted by Gasteiger charge is -2.06. The molecule has 0 nitrogen and oxygen atoms in total. The fraction of sp³-hybridized carbons (Fsp3) is 0.375. The molecule has 0 radical (unpaired) electrons. The number of hydrogen-bond donors (Lipinski definition) is 0. The van der Waals surface area contributed by atoms with Gasteiger partial charge in [-0.05, 0) is 42.9 Å². The zero-order valence-electron chi connectivity index (χ0n) is 10.7. The van der Waals surface area contributed by atoms with Crippen LogP contribution in [0.3, 0.4) is 0 Å². The largest absolute Gasteiger partial charge is 0.0913 e. The molecule has 16 heavy (non-hydrogen) atoms. The minimum atomic E-state index is 1.04. The van der Waals surface area contributed by atoms with Crippen LogP contribution < -0.4 is 0 Å². The van der Waals surface area contributed by atoms with Gasteiger partial charge in [0.2, 0.25) is 0 Å². The van der Waals surface area contributed by atoms with E-state index in [9.17, 15) is 0 Å². The topological polar surface area (TPSA) is 0 Å². The number of aryl methyl sites for hydroxylation is 1. The maximum Gasteiger partial charge on any atom is -0.00948 e. The Bertz CT molecular complexity index is 352. The Morgan fingerprint density at radius 1 is 1.12 bits per heavy atom. The highest BCUT2D eigenvalue weighted by Crippen LogP contribution is 2.20. The smallest absolute Gasteiger partial charge is 0.00948 e. The predicted molar refractivity (Wildman–Crippen MR) is 73.5 cm³/mol. The van der Waals surface area contributed by atoms with Gasteiger partial charge in [0.15, 0.2) is 0 Å². The average molecular weight is 214 g/mol. The zero-order chi connectivity index (χ0) is 11.8. The van der Waals surface area contributed by atoms with Crippen LogP contribution in [0.5, 0.6) is 0 Å². The van der Waals surface area contributed by atoms with Gasteiger partial charge in [0.25, 0.3) is 0 Å². The van der Waals surface area contributed by atoms with Crippen LogP contribution in [0.25, 0.3) is 5.57 Å². The molecule has 0 aliphatic rings. The van der Waals surface area contributed by atoms with E-state index in [1.54, 1.807) is 0 Å². The van der Waals surface area contributed by atoms with Gasteiger partial charge in [0.1, 0.15) is 0 Å². The molecular formula is C16H22.